The van der Waals surface area contributed by atoms with Crippen molar-refractivity contribution in [2.75, 3.05) is 17.7 Å². The molecule has 0 bridgehead atoms. The van der Waals surface area contributed by atoms with Crippen molar-refractivity contribution in [1.82, 2.24) is 14.8 Å². The number of sulfone groups is 1. The molecule has 3 rings (SSSR count). The predicted molar refractivity (Wildman–Crippen MR) is 120 cm³/mol. The number of anilines is 1. The second-order valence-electron chi connectivity index (χ2n) is 6.66. The Kier molecular flexibility index (Phi) is 7.65. The summed E-state index contributed by atoms with van der Waals surface area (Å²) in [5.74, 6) is -0.656. The lowest BCUT2D eigenvalue weighted by Gasteiger charge is -2.07. The van der Waals surface area contributed by atoms with Crippen LogP contribution in [-0.2, 0) is 32.2 Å². The highest BCUT2D eigenvalue weighted by molar-refractivity contribution is 7.99. The third-order valence-corrected chi connectivity index (χ3v) is 7.01. The zero-order valence-corrected chi connectivity index (χ0v) is 19.1. The van der Waals surface area contributed by atoms with E-state index in [1.54, 1.807) is 61.0 Å². The second-order valence-corrected chi connectivity index (χ2v) is 9.60. The number of amides is 1. The average Bonchev–Trinajstić information content (AvgIpc) is 3.12. The van der Waals surface area contributed by atoms with Crippen molar-refractivity contribution < 1.29 is 22.7 Å². The summed E-state index contributed by atoms with van der Waals surface area (Å²) >= 11 is 1.14. The monoisotopic (exact) mass is 474 g/mol. The number of ether oxygens (including phenoxy) is 1. The first-order valence-electron chi connectivity index (χ1n) is 9.66. The first kappa shape index (κ1) is 23.5. The van der Waals surface area contributed by atoms with Gasteiger partial charge in [0.05, 0.1) is 22.8 Å². The van der Waals surface area contributed by atoms with Crippen molar-refractivity contribution in [3.8, 4) is 0 Å². The Balaban J connectivity index is 1.57. The van der Waals surface area contributed by atoms with Crippen LogP contribution in [-0.4, -0.2) is 47.4 Å². The number of benzene rings is 2. The molecule has 0 aliphatic carbocycles. The molecule has 1 N–H and O–H groups in total. The Hall–Kier alpha value is -3.18. The Bertz CT molecular complexity index is 1190. The minimum absolute atomic E-state index is 0.0526. The summed E-state index contributed by atoms with van der Waals surface area (Å²) in [6, 6.07) is 14.5. The van der Waals surface area contributed by atoms with Crippen molar-refractivity contribution in [3.63, 3.8) is 0 Å². The molecule has 0 atom stereocenters. The van der Waals surface area contributed by atoms with Crippen LogP contribution in [0.25, 0.3) is 0 Å². The standard InChI is InChI=1S/C21H22N4O5S2/c1-3-30-20(27)15-9-11-16(12-10-15)22-19(26)13-31-21-24-23-18(25(21)2)14-32(28,29)17-7-5-4-6-8-17/h4-12H,3,13-14H2,1-2H3,(H,22,26). The van der Waals surface area contributed by atoms with Crippen LogP contribution in [0.3, 0.4) is 0 Å². The molecule has 0 spiro atoms. The largest absolute Gasteiger partial charge is 0.462 e. The maximum atomic E-state index is 12.6. The van der Waals surface area contributed by atoms with Crippen molar-refractivity contribution in [3.05, 3.63) is 66.0 Å². The van der Waals surface area contributed by atoms with E-state index in [1.807, 2.05) is 0 Å². The fraction of sp³-hybridized carbons (Fsp3) is 0.238. The Labute approximate surface area is 190 Å². The van der Waals surface area contributed by atoms with Gasteiger partial charge in [0.15, 0.2) is 15.0 Å². The Morgan fingerprint density at radius 3 is 2.41 bits per heavy atom. The second kappa shape index (κ2) is 10.4. The van der Waals surface area contributed by atoms with Crippen LogP contribution in [0.2, 0.25) is 0 Å². The highest BCUT2D eigenvalue weighted by atomic mass is 32.2. The highest BCUT2D eigenvalue weighted by Gasteiger charge is 2.20. The molecule has 11 heteroatoms. The lowest BCUT2D eigenvalue weighted by molar-refractivity contribution is -0.113. The Morgan fingerprint density at radius 2 is 1.75 bits per heavy atom. The number of rotatable bonds is 9. The van der Waals surface area contributed by atoms with Gasteiger partial charge in [-0.05, 0) is 43.3 Å². The third-order valence-electron chi connectivity index (χ3n) is 4.36. The van der Waals surface area contributed by atoms with E-state index in [1.165, 1.54) is 12.1 Å². The molecule has 2 aromatic carbocycles. The first-order chi connectivity index (χ1) is 15.3. The molecule has 168 valence electrons. The molecule has 0 fully saturated rings. The van der Waals surface area contributed by atoms with E-state index in [0.29, 0.717) is 16.4 Å². The van der Waals surface area contributed by atoms with Crippen LogP contribution in [0.4, 0.5) is 5.69 Å². The molecule has 0 aliphatic rings. The molecule has 32 heavy (non-hydrogen) atoms. The normalized spacial score (nSPS) is 11.2. The summed E-state index contributed by atoms with van der Waals surface area (Å²) in [4.78, 5) is 24.1. The fourth-order valence-electron chi connectivity index (χ4n) is 2.71. The van der Waals surface area contributed by atoms with Crippen molar-refractivity contribution in [2.24, 2.45) is 7.05 Å². The van der Waals surface area contributed by atoms with Crippen LogP contribution < -0.4 is 5.32 Å². The number of carbonyl (C=O) groups is 2. The lowest BCUT2D eigenvalue weighted by atomic mass is 10.2. The number of aromatic nitrogens is 3. The molecule has 1 heterocycles. The number of carbonyl (C=O) groups excluding carboxylic acids is 2. The van der Waals surface area contributed by atoms with Gasteiger partial charge in [0.2, 0.25) is 5.91 Å². The van der Waals surface area contributed by atoms with Gasteiger partial charge in [0.25, 0.3) is 0 Å². The summed E-state index contributed by atoms with van der Waals surface area (Å²) < 4.78 is 31.6. The van der Waals surface area contributed by atoms with Gasteiger partial charge in [-0.2, -0.15) is 0 Å². The molecule has 0 unspecified atom stereocenters. The number of hydrogen-bond donors (Lipinski definition) is 1. The molecule has 0 radical (unpaired) electrons. The van der Waals surface area contributed by atoms with Crippen LogP contribution in [0.15, 0.2) is 64.6 Å². The van der Waals surface area contributed by atoms with Crippen LogP contribution in [0, 0.1) is 0 Å². The topological polar surface area (TPSA) is 120 Å². The van der Waals surface area contributed by atoms with Gasteiger partial charge in [-0.1, -0.05) is 30.0 Å². The van der Waals surface area contributed by atoms with Crippen molar-refractivity contribution >= 4 is 39.2 Å². The van der Waals surface area contributed by atoms with E-state index in [-0.39, 0.29) is 34.7 Å². The summed E-state index contributed by atoms with van der Waals surface area (Å²) in [5, 5.41) is 11.1. The van der Waals surface area contributed by atoms with E-state index >= 15 is 0 Å². The summed E-state index contributed by atoms with van der Waals surface area (Å²) in [6.07, 6.45) is 0. The zero-order valence-electron chi connectivity index (χ0n) is 17.5. The van der Waals surface area contributed by atoms with Crippen molar-refractivity contribution in [2.45, 2.75) is 22.7 Å². The lowest BCUT2D eigenvalue weighted by Crippen LogP contribution is -2.15. The van der Waals surface area contributed by atoms with Gasteiger partial charge >= 0.3 is 5.97 Å². The third kappa shape index (κ3) is 5.95. The number of nitrogens with zero attached hydrogens (tertiary/aromatic N) is 3. The predicted octanol–water partition coefficient (Wildman–Crippen LogP) is 2.70. The molecule has 0 saturated carbocycles. The molecule has 1 amide bonds. The first-order valence-corrected chi connectivity index (χ1v) is 12.3. The number of nitrogens with one attached hydrogen (secondary N) is 1. The average molecular weight is 475 g/mol. The molecule has 3 aromatic rings. The van der Waals surface area contributed by atoms with Crippen LogP contribution in [0.1, 0.15) is 23.1 Å². The van der Waals surface area contributed by atoms with Crippen LogP contribution in [0.5, 0.6) is 0 Å². The zero-order chi connectivity index (χ0) is 23.1. The van der Waals surface area contributed by atoms with E-state index < -0.39 is 15.8 Å². The number of thioether (sulfide) groups is 1. The minimum Gasteiger partial charge on any atom is -0.462 e. The summed E-state index contributed by atoms with van der Waals surface area (Å²) in [6.45, 7) is 2.02. The highest BCUT2D eigenvalue weighted by Crippen LogP contribution is 2.20. The molecule has 1 aromatic heterocycles. The number of esters is 1. The molecular weight excluding hydrogens is 452 g/mol. The van der Waals surface area contributed by atoms with Gasteiger partial charge < -0.3 is 14.6 Å². The van der Waals surface area contributed by atoms with E-state index in [2.05, 4.69) is 15.5 Å². The molecule has 0 saturated heterocycles. The SMILES string of the molecule is CCOC(=O)c1ccc(NC(=O)CSc2nnc(CS(=O)(=O)c3ccccc3)n2C)cc1. The van der Waals surface area contributed by atoms with Gasteiger partial charge in [-0.3, -0.25) is 4.79 Å². The van der Waals surface area contributed by atoms with E-state index in [4.69, 9.17) is 4.74 Å². The van der Waals surface area contributed by atoms with Gasteiger partial charge in [0, 0.05) is 12.7 Å². The van der Waals surface area contributed by atoms with E-state index in [0.717, 1.165) is 11.8 Å². The maximum absolute atomic E-state index is 12.6. The summed E-state index contributed by atoms with van der Waals surface area (Å²) in [5.41, 5.74) is 0.938. The van der Waals surface area contributed by atoms with Gasteiger partial charge in [-0.15, -0.1) is 10.2 Å². The van der Waals surface area contributed by atoms with Gasteiger partial charge in [0.1, 0.15) is 11.6 Å². The summed E-state index contributed by atoms with van der Waals surface area (Å²) in [7, 11) is -1.90. The smallest absolute Gasteiger partial charge is 0.338 e. The minimum atomic E-state index is -3.55. The quantitative estimate of drug-likeness (QED) is 0.371. The van der Waals surface area contributed by atoms with Crippen molar-refractivity contribution in [1.29, 1.82) is 0 Å². The Morgan fingerprint density at radius 1 is 1.06 bits per heavy atom. The van der Waals surface area contributed by atoms with E-state index in [9.17, 15) is 18.0 Å². The molecule has 9 nitrogen and oxygen atoms in total. The van der Waals surface area contributed by atoms with Crippen LogP contribution >= 0.6 is 11.8 Å². The fourth-order valence-corrected chi connectivity index (χ4v) is 4.77. The number of hydrogen-bond acceptors (Lipinski definition) is 8. The molecule has 0 aliphatic heterocycles. The molecular formula is C21H22N4O5S2. The van der Waals surface area contributed by atoms with Gasteiger partial charge in [-0.25, -0.2) is 13.2 Å². The maximum Gasteiger partial charge on any atom is 0.338 e.